The fourth-order valence-corrected chi connectivity index (χ4v) is 3.80. The largest absolute Gasteiger partial charge is 0.496 e. The molecule has 3 rings (SSSR count). The quantitative estimate of drug-likeness (QED) is 0.538. The number of nitrogens with zero attached hydrogens (tertiary/aromatic N) is 1. The van der Waals surface area contributed by atoms with E-state index in [0.29, 0.717) is 25.2 Å². The topological polar surface area (TPSA) is 63.5 Å². The summed E-state index contributed by atoms with van der Waals surface area (Å²) in [5, 5.41) is 13.2. The molecule has 156 valence electrons. The van der Waals surface area contributed by atoms with E-state index in [1.54, 1.807) is 7.11 Å². The molecule has 0 atom stereocenters. The predicted molar refractivity (Wildman–Crippen MR) is 120 cm³/mol. The van der Waals surface area contributed by atoms with Crippen molar-refractivity contribution in [2.45, 2.75) is 33.5 Å². The van der Waals surface area contributed by atoms with E-state index in [9.17, 15) is 9.90 Å². The third kappa shape index (κ3) is 4.47. The highest BCUT2D eigenvalue weighted by atomic mass is 16.5. The maximum Gasteiger partial charge on any atom is 0.337 e. The summed E-state index contributed by atoms with van der Waals surface area (Å²) < 4.78 is 7.47. The molecule has 0 aliphatic heterocycles. The second-order valence-corrected chi connectivity index (χ2v) is 7.28. The van der Waals surface area contributed by atoms with E-state index in [1.165, 1.54) is 0 Å². The van der Waals surface area contributed by atoms with Crippen LogP contribution in [-0.4, -0.2) is 22.8 Å². The number of benzene rings is 2. The average molecular weight is 405 g/mol. The minimum atomic E-state index is -0.898. The lowest BCUT2D eigenvalue weighted by Crippen LogP contribution is -2.16. The van der Waals surface area contributed by atoms with Gasteiger partial charge in [-0.15, -0.1) is 0 Å². The van der Waals surface area contributed by atoms with Crippen LogP contribution in [0.3, 0.4) is 0 Å². The molecule has 0 radical (unpaired) electrons. The van der Waals surface area contributed by atoms with Crippen molar-refractivity contribution in [1.82, 2.24) is 9.88 Å². The van der Waals surface area contributed by atoms with Gasteiger partial charge in [0.1, 0.15) is 5.75 Å². The SMILES string of the molecule is C=Cc1ccc(Cn2c(C)c(CNCc3ccccc3OC)c(C(=O)O)c2C)cc1. The zero-order chi connectivity index (χ0) is 21.7. The first-order valence-corrected chi connectivity index (χ1v) is 9.92. The van der Waals surface area contributed by atoms with Crippen LogP contribution in [0.4, 0.5) is 0 Å². The molecular weight excluding hydrogens is 376 g/mol. The van der Waals surface area contributed by atoms with Gasteiger partial charge >= 0.3 is 5.97 Å². The normalized spacial score (nSPS) is 10.8. The second-order valence-electron chi connectivity index (χ2n) is 7.28. The molecule has 0 amide bonds. The fourth-order valence-electron chi connectivity index (χ4n) is 3.80. The molecule has 1 heterocycles. The Morgan fingerprint density at radius 1 is 1.10 bits per heavy atom. The van der Waals surface area contributed by atoms with Gasteiger partial charge < -0.3 is 19.7 Å². The van der Waals surface area contributed by atoms with Gasteiger partial charge in [-0.3, -0.25) is 0 Å². The van der Waals surface area contributed by atoms with Crippen molar-refractivity contribution in [3.05, 3.63) is 94.3 Å². The van der Waals surface area contributed by atoms with Crippen molar-refractivity contribution in [1.29, 1.82) is 0 Å². The van der Waals surface area contributed by atoms with E-state index < -0.39 is 5.97 Å². The summed E-state index contributed by atoms with van der Waals surface area (Å²) in [4.78, 5) is 12.0. The highest BCUT2D eigenvalue weighted by Crippen LogP contribution is 2.25. The number of rotatable bonds is 9. The number of methoxy groups -OCH3 is 1. The molecular formula is C25H28N2O3. The number of hydrogen-bond donors (Lipinski definition) is 2. The molecule has 30 heavy (non-hydrogen) atoms. The number of nitrogens with one attached hydrogen (secondary N) is 1. The van der Waals surface area contributed by atoms with E-state index >= 15 is 0 Å². The number of carboxylic acid groups (broad SMARTS) is 1. The molecule has 0 aliphatic carbocycles. The van der Waals surface area contributed by atoms with Gasteiger partial charge in [-0.2, -0.15) is 0 Å². The number of aromatic carboxylic acids is 1. The van der Waals surface area contributed by atoms with E-state index in [2.05, 4.69) is 28.6 Å². The van der Waals surface area contributed by atoms with E-state index in [0.717, 1.165) is 39.4 Å². The van der Waals surface area contributed by atoms with Crippen molar-refractivity contribution in [3.63, 3.8) is 0 Å². The number of para-hydroxylation sites is 1. The van der Waals surface area contributed by atoms with Crippen molar-refractivity contribution < 1.29 is 14.6 Å². The highest BCUT2D eigenvalue weighted by Gasteiger charge is 2.22. The van der Waals surface area contributed by atoms with Gasteiger partial charge in [-0.05, 0) is 31.0 Å². The molecule has 0 saturated heterocycles. The van der Waals surface area contributed by atoms with Gasteiger partial charge in [0, 0.05) is 42.1 Å². The Bertz CT molecular complexity index is 1050. The van der Waals surface area contributed by atoms with Crippen LogP contribution in [0.15, 0.2) is 55.1 Å². The van der Waals surface area contributed by atoms with Crippen LogP contribution < -0.4 is 10.1 Å². The Morgan fingerprint density at radius 3 is 2.43 bits per heavy atom. The van der Waals surface area contributed by atoms with Gasteiger partial charge in [-0.1, -0.05) is 55.1 Å². The Hall–Kier alpha value is -3.31. The lowest BCUT2D eigenvalue weighted by molar-refractivity contribution is 0.0694. The summed E-state index contributed by atoms with van der Waals surface area (Å²) in [6.07, 6.45) is 1.81. The molecule has 1 aromatic heterocycles. The van der Waals surface area contributed by atoms with Crippen LogP contribution in [0.25, 0.3) is 6.08 Å². The highest BCUT2D eigenvalue weighted by molar-refractivity contribution is 5.91. The fraction of sp³-hybridized carbons (Fsp3) is 0.240. The van der Waals surface area contributed by atoms with E-state index in [1.807, 2.05) is 56.3 Å². The smallest absolute Gasteiger partial charge is 0.337 e. The summed E-state index contributed by atoms with van der Waals surface area (Å²) in [6.45, 7) is 9.33. The maximum atomic E-state index is 12.0. The minimum Gasteiger partial charge on any atom is -0.496 e. The van der Waals surface area contributed by atoms with Crippen molar-refractivity contribution in [2.24, 2.45) is 0 Å². The lowest BCUT2D eigenvalue weighted by atomic mass is 10.1. The molecule has 2 aromatic carbocycles. The van der Waals surface area contributed by atoms with Gasteiger partial charge in [0.05, 0.1) is 12.7 Å². The lowest BCUT2D eigenvalue weighted by Gasteiger charge is -2.11. The Balaban J connectivity index is 1.83. The number of hydrogen-bond acceptors (Lipinski definition) is 3. The number of carbonyl (C=O) groups is 1. The molecule has 2 N–H and O–H groups in total. The van der Waals surface area contributed by atoms with Crippen LogP contribution >= 0.6 is 0 Å². The summed E-state index contributed by atoms with van der Waals surface area (Å²) >= 11 is 0. The molecule has 3 aromatic rings. The number of ether oxygens (including phenoxy) is 1. The molecule has 0 bridgehead atoms. The van der Waals surface area contributed by atoms with Crippen LogP contribution in [0, 0.1) is 13.8 Å². The van der Waals surface area contributed by atoms with Crippen molar-refractivity contribution in [2.75, 3.05) is 7.11 Å². The Labute approximate surface area is 177 Å². The van der Waals surface area contributed by atoms with E-state index in [-0.39, 0.29) is 0 Å². The molecule has 0 saturated carbocycles. The van der Waals surface area contributed by atoms with Crippen molar-refractivity contribution >= 4 is 12.0 Å². The minimum absolute atomic E-state index is 0.378. The first-order chi connectivity index (χ1) is 14.5. The van der Waals surface area contributed by atoms with Gasteiger partial charge in [0.25, 0.3) is 0 Å². The van der Waals surface area contributed by atoms with Gasteiger partial charge in [0.15, 0.2) is 0 Å². The Kier molecular flexibility index (Phi) is 6.75. The monoisotopic (exact) mass is 404 g/mol. The Morgan fingerprint density at radius 2 is 1.80 bits per heavy atom. The van der Waals surface area contributed by atoms with Crippen LogP contribution in [0.5, 0.6) is 5.75 Å². The molecule has 0 unspecified atom stereocenters. The summed E-state index contributed by atoms with van der Waals surface area (Å²) in [5.74, 6) is -0.0812. The van der Waals surface area contributed by atoms with Gasteiger partial charge in [-0.25, -0.2) is 4.79 Å². The number of aromatic nitrogens is 1. The molecule has 5 nitrogen and oxygen atoms in total. The molecule has 0 fully saturated rings. The predicted octanol–water partition coefficient (Wildman–Crippen LogP) is 4.79. The first-order valence-electron chi connectivity index (χ1n) is 9.92. The van der Waals surface area contributed by atoms with Crippen molar-refractivity contribution in [3.8, 4) is 5.75 Å². The zero-order valence-corrected chi connectivity index (χ0v) is 17.7. The van der Waals surface area contributed by atoms with Crippen LogP contribution in [0.2, 0.25) is 0 Å². The first kappa shape index (κ1) is 21.4. The van der Waals surface area contributed by atoms with Gasteiger partial charge in [0.2, 0.25) is 0 Å². The number of carboxylic acids is 1. The average Bonchev–Trinajstić information content (AvgIpc) is 2.99. The van der Waals surface area contributed by atoms with E-state index in [4.69, 9.17) is 4.74 Å². The summed E-state index contributed by atoms with van der Waals surface area (Å²) in [5.41, 5.74) is 6.14. The van der Waals surface area contributed by atoms with Crippen LogP contribution in [0.1, 0.15) is 44.0 Å². The second kappa shape index (κ2) is 9.46. The zero-order valence-electron chi connectivity index (χ0n) is 17.7. The summed E-state index contributed by atoms with van der Waals surface area (Å²) in [7, 11) is 1.65. The third-order valence-electron chi connectivity index (χ3n) is 5.49. The molecule has 0 aliphatic rings. The third-order valence-corrected chi connectivity index (χ3v) is 5.49. The molecule has 0 spiro atoms. The summed E-state index contributed by atoms with van der Waals surface area (Å²) in [6, 6.07) is 16.0. The standard InChI is InChI=1S/C25H28N2O3/c1-5-19-10-12-20(13-11-19)16-27-17(2)22(24(18(27)3)25(28)29)15-26-14-21-8-6-7-9-23(21)30-4/h5-13,26H,1,14-16H2,2-4H3,(H,28,29). The maximum absolute atomic E-state index is 12.0. The molecule has 5 heteroatoms. The van der Waals surface area contributed by atoms with Crippen LogP contribution in [-0.2, 0) is 19.6 Å².